The van der Waals surface area contributed by atoms with E-state index in [2.05, 4.69) is 0 Å². The van der Waals surface area contributed by atoms with E-state index in [-0.39, 0.29) is 0 Å². The van der Waals surface area contributed by atoms with Gasteiger partial charge in [0.15, 0.2) is 0 Å². The number of aliphatic carboxylic acids is 1. The minimum Gasteiger partial charge on any atom is -0.480 e. The fourth-order valence-corrected chi connectivity index (χ4v) is 1.97. The molecule has 0 amide bonds. The molecule has 4 nitrogen and oxygen atoms in total. The highest BCUT2D eigenvalue weighted by molar-refractivity contribution is 5.74. The van der Waals surface area contributed by atoms with E-state index in [1.807, 2.05) is 4.90 Å². The number of rotatable bonds is 3. The first-order chi connectivity index (χ1) is 6.16. The maximum Gasteiger partial charge on any atom is 0.321 e. The minimum atomic E-state index is -0.794. The predicted molar refractivity (Wildman–Crippen MR) is 46.3 cm³/mol. The minimum absolute atomic E-state index is 0.391. The van der Waals surface area contributed by atoms with Gasteiger partial charge in [-0.1, -0.05) is 0 Å². The zero-order valence-electron chi connectivity index (χ0n) is 7.52. The van der Waals surface area contributed by atoms with Crippen molar-refractivity contribution >= 4 is 5.97 Å². The highest BCUT2D eigenvalue weighted by Crippen LogP contribution is 2.32. The van der Waals surface area contributed by atoms with E-state index < -0.39 is 18.1 Å². The molecule has 0 bridgehead atoms. The van der Waals surface area contributed by atoms with Gasteiger partial charge in [0.2, 0.25) is 0 Å². The smallest absolute Gasteiger partial charge is 0.321 e. The Labute approximate surface area is 77.2 Å². The lowest BCUT2D eigenvalue weighted by molar-refractivity contribution is -0.142. The van der Waals surface area contributed by atoms with Gasteiger partial charge in [-0.25, -0.2) is 0 Å². The molecule has 74 valence electrons. The first-order valence-electron chi connectivity index (χ1n) is 4.81. The Balaban J connectivity index is 1.93. The second-order valence-corrected chi connectivity index (χ2v) is 4.14. The largest absolute Gasteiger partial charge is 0.480 e. The molecule has 4 heteroatoms. The molecular weight excluding hydrogens is 170 g/mol. The van der Waals surface area contributed by atoms with E-state index >= 15 is 0 Å². The normalized spacial score (nSPS) is 35.2. The van der Waals surface area contributed by atoms with Crippen LogP contribution in [0.3, 0.4) is 0 Å². The van der Waals surface area contributed by atoms with E-state index in [9.17, 15) is 9.90 Å². The summed E-state index contributed by atoms with van der Waals surface area (Å²) in [7, 11) is 0. The second kappa shape index (κ2) is 3.27. The summed E-state index contributed by atoms with van der Waals surface area (Å²) in [5.41, 5.74) is 0. The molecule has 2 atom stereocenters. The topological polar surface area (TPSA) is 60.8 Å². The number of β-amino-alcohol motifs (C(OH)–C–C–N with tert-alkyl or cyclic N) is 1. The molecule has 2 rings (SSSR count). The van der Waals surface area contributed by atoms with E-state index in [0.717, 1.165) is 6.54 Å². The van der Waals surface area contributed by atoms with E-state index in [1.54, 1.807) is 0 Å². The van der Waals surface area contributed by atoms with Crippen LogP contribution in [0.25, 0.3) is 0 Å². The van der Waals surface area contributed by atoms with Crippen LogP contribution in [0.2, 0.25) is 0 Å². The number of hydrogen-bond donors (Lipinski definition) is 2. The van der Waals surface area contributed by atoms with Crippen molar-refractivity contribution in [2.45, 2.75) is 31.4 Å². The van der Waals surface area contributed by atoms with Gasteiger partial charge in [-0.3, -0.25) is 9.69 Å². The van der Waals surface area contributed by atoms with Crippen LogP contribution in [-0.2, 0) is 4.79 Å². The van der Waals surface area contributed by atoms with Crippen LogP contribution in [0.15, 0.2) is 0 Å². The third-order valence-electron chi connectivity index (χ3n) is 2.86. The molecular formula is C9H15NO3. The first kappa shape index (κ1) is 8.97. The molecule has 0 aromatic carbocycles. The Bertz CT molecular complexity index is 215. The Kier molecular flexibility index (Phi) is 2.26. The lowest BCUT2D eigenvalue weighted by atomic mass is 10.2. The number of hydrogen-bond acceptors (Lipinski definition) is 3. The van der Waals surface area contributed by atoms with Crippen molar-refractivity contribution in [2.75, 3.05) is 13.1 Å². The Hall–Kier alpha value is -0.610. The van der Waals surface area contributed by atoms with Crippen LogP contribution in [0.1, 0.15) is 19.3 Å². The molecule has 0 aromatic heterocycles. The third kappa shape index (κ3) is 2.00. The van der Waals surface area contributed by atoms with Crippen molar-refractivity contribution < 1.29 is 15.0 Å². The van der Waals surface area contributed by atoms with Gasteiger partial charge in [0.25, 0.3) is 0 Å². The molecule has 13 heavy (non-hydrogen) atoms. The lowest BCUT2D eigenvalue weighted by Gasteiger charge is -2.19. The molecule has 1 aliphatic carbocycles. The maximum absolute atomic E-state index is 10.8. The summed E-state index contributed by atoms with van der Waals surface area (Å²) in [6.45, 7) is 1.39. The number of carboxylic acid groups (broad SMARTS) is 1. The maximum atomic E-state index is 10.8. The van der Waals surface area contributed by atoms with Crippen LogP contribution < -0.4 is 0 Å². The fraction of sp³-hybridized carbons (Fsp3) is 0.889. The zero-order chi connectivity index (χ0) is 9.42. The summed E-state index contributed by atoms with van der Waals surface area (Å²) in [5.74, 6) is -0.107. The van der Waals surface area contributed by atoms with Gasteiger partial charge in [0.1, 0.15) is 6.04 Å². The molecule has 1 aliphatic heterocycles. The van der Waals surface area contributed by atoms with Crippen LogP contribution in [0.5, 0.6) is 0 Å². The highest BCUT2D eigenvalue weighted by atomic mass is 16.4. The SMILES string of the molecule is O=C(O)C1CC(O)CN1CC1CC1. The molecule has 1 saturated carbocycles. The Morgan fingerprint density at radius 1 is 1.46 bits per heavy atom. The average Bonchev–Trinajstić information content (AvgIpc) is 2.75. The molecule has 0 spiro atoms. The number of nitrogens with zero attached hydrogens (tertiary/aromatic N) is 1. The first-order valence-corrected chi connectivity index (χ1v) is 4.81. The Morgan fingerprint density at radius 2 is 2.15 bits per heavy atom. The summed E-state index contributed by atoms with van der Waals surface area (Å²) < 4.78 is 0. The molecule has 1 heterocycles. The Morgan fingerprint density at radius 3 is 2.69 bits per heavy atom. The number of carboxylic acids is 1. The second-order valence-electron chi connectivity index (χ2n) is 4.14. The standard InChI is InChI=1S/C9H15NO3/c11-7-3-8(9(12)13)10(5-7)4-6-1-2-6/h6-8,11H,1-5H2,(H,12,13). The fourth-order valence-electron chi connectivity index (χ4n) is 1.97. The average molecular weight is 185 g/mol. The van der Waals surface area contributed by atoms with Crippen molar-refractivity contribution in [3.05, 3.63) is 0 Å². The predicted octanol–water partition coefficient (Wildman–Crippen LogP) is -0.0838. The van der Waals surface area contributed by atoms with Crippen molar-refractivity contribution in [2.24, 2.45) is 5.92 Å². The molecule has 2 unspecified atom stereocenters. The molecule has 2 fully saturated rings. The van der Waals surface area contributed by atoms with Crippen molar-refractivity contribution in [1.82, 2.24) is 4.90 Å². The van der Waals surface area contributed by atoms with Gasteiger partial charge >= 0.3 is 5.97 Å². The summed E-state index contributed by atoms with van der Waals surface area (Å²) in [4.78, 5) is 12.7. The number of aliphatic hydroxyl groups excluding tert-OH is 1. The molecule has 2 N–H and O–H groups in total. The summed E-state index contributed by atoms with van der Waals surface area (Å²) in [6, 6.07) is -0.449. The number of aliphatic hydroxyl groups is 1. The summed E-state index contributed by atoms with van der Waals surface area (Å²) in [5, 5.41) is 18.2. The van der Waals surface area contributed by atoms with Crippen LogP contribution in [-0.4, -0.2) is 46.3 Å². The molecule has 0 radical (unpaired) electrons. The van der Waals surface area contributed by atoms with Gasteiger partial charge in [-0.2, -0.15) is 0 Å². The van der Waals surface area contributed by atoms with E-state index in [1.165, 1.54) is 12.8 Å². The quantitative estimate of drug-likeness (QED) is 0.645. The van der Waals surface area contributed by atoms with Gasteiger partial charge in [-0.15, -0.1) is 0 Å². The molecule has 2 aliphatic rings. The van der Waals surface area contributed by atoms with Crippen LogP contribution >= 0.6 is 0 Å². The number of likely N-dealkylation sites (tertiary alicyclic amines) is 1. The van der Waals surface area contributed by atoms with Crippen molar-refractivity contribution in [3.8, 4) is 0 Å². The summed E-state index contributed by atoms with van der Waals surface area (Å²) in [6.07, 6.45) is 2.39. The zero-order valence-corrected chi connectivity index (χ0v) is 7.52. The van der Waals surface area contributed by atoms with E-state index in [4.69, 9.17) is 5.11 Å². The number of carbonyl (C=O) groups is 1. The third-order valence-corrected chi connectivity index (χ3v) is 2.86. The van der Waals surface area contributed by atoms with Crippen LogP contribution in [0, 0.1) is 5.92 Å². The van der Waals surface area contributed by atoms with E-state index in [0.29, 0.717) is 18.9 Å². The van der Waals surface area contributed by atoms with Crippen LogP contribution in [0.4, 0.5) is 0 Å². The summed E-state index contributed by atoms with van der Waals surface area (Å²) >= 11 is 0. The van der Waals surface area contributed by atoms with Crippen molar-refractivity contribution in [3.63, 3.8) is 0 Å². The molecule has 1 saturated heterocycles. The lowest BCUT2D eigenvalue weighted by Crippen LogP contribution is -2.37. The molecule has 0 aromatic rings. The van der Waals surface area contributed by atoms with Gasteiger partial charge in [-0.05, 0) is 18.8 Å². The monoisotopic (exact) mass is 185 g/mol. The van der Waals surface area contributed by atoms with Gasteiger partial charge < -0.3 is 10.2 Å². The van der Waals surface area contributed by atoms with Gasteiger partial charge in [0.05, 0.1) is 6.10 Å². The highest BCUT2D eigenvalue weighted by Gasteiger charge is 2.38. The van der Waals surface area contributed by atoms with Gasteiger partial charge in [0, 0.05) is 19.5 Å². The van der Waals surface area contributed by atoms with Crippen molar-refractivity contribution in [1.29, 1.82) is 0 Å².